The number of carboxylic acids is 1. The molecule has 2 saturated heterocycles. The van der Waals surface area contributed by atoms with Gasteiger partial charge in [0.1, 0.15) is 11.2 Å². The number of rotatable bonds is 5. The van der Waals surface area contributed by atoms with Gasteiger partial charge in [0, 0.05) is 31.8 Å². The van der Waals surface area contributed by atoms with Crippen molar-refractivity contribution in [2.75, 3.05) is 26.3 Å². The van der Waals surface area contributed by atoms with Crippen LogP contribution in [0.4, 0.5) is 4.39 Å². The van der Waals surface area contributed by atoms with E-state index in [1.165, 1.54) is 6.07 Å². The minimum absolute atomic E-state index is 0.113. The van der Waals surface area contributed by atoms with E-state index in [-0.39, 0.29) is 55.1 Å². The quantitative estimate of drug-likeness (QED) is 0.841. The highest BCUT2D eigenvalue weighted by Crippen LogP contribution is 2.41. The molecule has 8 nitrogen and oxygen atoms in total. The predicted octanol–water partition coefficient (Wildman–Crippen LogP) is 1.37. The van der Waals surface area contributed by atoms with E-state index in [1.54, 1.807) is 23.1 Å². The molecule has 0 bridgehead atoms. The van der Waals surface area contributed by atoms with E-state index in [4.69, 9.17) is 9.26 Å². The highest BCUT2D eigenvalue weighted by Gasteiger charge is 2.57. The van der Waals surface area contributed by atoms with Crippen LogP contribution < -0.4 is 0 Å². The molecule has 0 spiro atoms. The average Bonchev–Trinajstić information content (AvgIpc) is 3.34. The van der Waals surface area contributed by atoms with E-state index in [2.05, 4.69) is 10.1 Å². The summed E-state index contributed by atoms with van der Waals surface area (Å²) in [6.45, 7) is 1.00. The predicted molar refractivity (Wildman–Crippen MR) is 89.0 cm³/mol. The van der Waals surface area contributed by atoms with Gasteiger partial charge >= 0.3 is 5.97 Å². The van der Waals surface area contributed by atoms with Crippen LogP contribution in [-0.2, 0) is 20.7 Å². The van der Waals surface area contributed by atoms with Crippen molar-refractivity contribution >= 4 is 11.9 Å². The number of ether oxygens (including phenoxy) is 1. The first-order chi connectivity index (χ1) is 13.0. The lowest BCUT2D eigenvalue weighted by molar-refractivity contribution is -0.149. The molecule has 0 saturated carbocycles. The van der Waals surface area contributed by atoms with Crippen molar-refractivity contribution < 1.29 is 28.3 Å². The number of amides is 1. The molecule has 2 atom stereocenters. The summed E-state index contributed by atoms with van der Waals surface area (Å²) in [7, 11) is 0. The zero-order valence-corrected chi connectivity index (χ0v) is 14.4. The Labute approximate surface area is 153 Å². The second-order valence-electron chi connectivity index (χ2n) is 6.94. The van der Waals surface area contributed by atoms with Crippen molar-refractivity contribution in [3.63, 3.8) is 0 Å². The molecule has 2 aliphatic heterocycles. The SMILES string of the molecule is O=C(CCc1nc(-c2ccccc2F)no1)N1C[C@@H]2COC[C@]2(C(=O)O)C1. The molecular weight excluding hydrogens is 357 g/mol. The van der Waals surface area contributed by atoms with E-state index in [0.29, 0.717) is 13.2 Å². The van der Waals surface area contributed by atoms with Crippen LogP contribution in [-0.4, -0.2) is 58.3 Å². The number of fused-ring (bicyclic) bond motifs is 1. The highest BCUT2D eigenvalue weighted by molar-refractivity contribution is 5.81. The molecule has 4 rings (SSSR count). The number of aryl methyl sites for hydroxylation is 1. The minimum Gasteiger partial charge on any atom is -0.481 e. The number of halogens is 1. The fraction of sp³-hybridized carbons (Fsp3) is 0.444. The fourth-order valence-electron chi connectivity index (χ4n) is 3.71. The Hall–Kier alpha value is -2.81. The summed E-state index contributed by atoms with van der Waals surface area (Å²) in [6, 6.07) is 6.09. The molecular formula is C18H18FN3O5. The smallest absolute Gasteiger partial charge is 0.314 e. The lowest BCUT2D eigenvalue weighted by Crippen LogP contribution is -2.40. The number of hydrogen-bond donors (Lipinski definition) is 1. The fourth-order valence-corrected chi connectivity index (χ4v) is 3.71. The Kier molecular flexibility index (Phi) is 4.39. The molecule has 142 valence electrons. The first kappa shape index (κ1) is 17.6. The molecule has 9 heteroatoms. The first-order valence-corrected chi connectivity index (χ1v) is 8.66. The summed E-state index contributed by atoms with van der Waals surface area (Å²) >= 11 is 0. The molecule has 27 heavy (non-hydrogen) atoms. The number of likely N-dealkylation sites (tertiary alicyclic amines) is 1. The number of carboxylic acid groups (broad SMARTS) is 1. The number of benzene rings is 1. The monoisotopic (exact) mass is 375 g/mol. The van der Waals surface area contributed by atoms with Gasteiger partial charge in [0.25, 0.3) is 0 Å². The molecule has 1 amide bonds. The second-order valence-corrected chi connectivity index (χ2v) is 6.94. The van der Waals surface area contributed by atoms with Crippen molar-refractivity contribution in [3.05, 3.63) is 36.0 Å². The molecule has 0 radical (unpaired) electrons. The van der Waals surface area contributed by atoms with Gasteiger partial charge in [-0.1, -0.05) is 17.3 Å². The van der Waals surface area contributed by atoms with E-state index in [1.807, 2.05) is 0 Å². The number of carbonyl (C=O) groups is 2. The van der Waals surface area contributed by atoms with Crippen LogP contribution in [0, 0.1) is 17.2 Å². The molecule has 2 aliphatic rings. The van der Waals surface area contributed by atoms with E-state index >= 15 is 0 Å². The summed E-state index contributed by atoms with van der Waals surface area (Å²) in [4.78, 5) is 29.8. The number of aromatic nitrogens is 2. The number of aliphatic carboxylic acids is 1. The zero-order valence-electron chi connectivity index (χ0n) is 14.4. The maximum atomic E-state index is 13.8. The van der Waals surface area contributed by atoms with Gasteiger partial charge in [0.05, 0.1) is 18.8 Å². The van der Waals surface area contributed by atoms with Crippen molar-refractivity contribution in [1.29, 1.82) is 0 Å². The Morgan fingerprint density at radius 3 is 2.93 bits per heavy atom. The number of hydrogen-bond acceptors (Lipinski definition) is 6. The van der Waals surface area contributed by atoms with Crippen LogP contribution in [0.25, 0.3) is 11.4 Å². The maximum absolute atomic E-state index is 13.8. The van der Waals surface area contributed by atoms with Gasteiger partial charge in [-0.05, 0) is 12.1 Å². The lowest BCUT2D eigenvalue weighted by Gasteiger charge is -2.21. The van der Waals surface area contributed by atoms with Gasteiger partial charge in [-0.15, -0.1) is 0 Å². The Morgan fingerprint density at radius 2 is 2.19 bits per heavy atom. The van der Waals surface area contributed by atoms with Gasteiger partial charge < -0.3 is 19.3 Å². The van der Waals surface area contributed by atoms with Crippen molar-refractivity contribution in [2.45, 2.75) is 12.8 Å². The van der Waals surface area contributed by atoms with Crippen LogP contribution in [0.1, 0.15) is 12.3 Å². The van der Waals surface area contributed by atoms with Gasteiger partial charge in [0.2, 0.25) is 17.6 Å². The summed E-state index contributed by atoms with van der Waals surface area (Å²) in [6.07, 6.45) is 0.320. The lowest BCUT2D eigenvalue weighted by atomic mass is 9.81. The third-order valence-corrected chi connectivity index (χ3v) is 5.29. The molecule has 3 heterocycles. The van der Waals surface area contributed by atoms with Crippen LogP contribution in [0.2, 0.25) is 0 Å². The van der Waals surface area contributed by atoms with Gasteiger partial charge in [0.15, 0.2) is 0 Å². The van der Waals surface area contributed by atoms with Crippen molar-refractivity contribution in [1.82, 2.24) is 15.0 Å². The van der Waals surface area contributed by atoms with E-state index in [0.717, 1.165) is 0 Å². The van der Waals surface area contributed by atoms with Gasteiger partial charge in [-0.2, -0.15) is 4.98 Å². The molecule has 1 N–H and O–H groups in total. The zero-order chi connectivity index (χ0) is 19.0. The second kappa shape index (κ2) is 6.73. The van der Waals surface area contributed by atoms with Crippen LogP contribution in [0.15, 0.2) is 28.8 Å². The number of nitrogens with zero attached hydrogens (tertiary/aromatic N) is 3. The summed E-state index contributed by atoms with van der Waals surface area (Å²) in [5.41, 5.74) is -0.771. The van der Waals surface area contributed by atoms with Crippen molar-refractivity contribution in [2.24, 2.45) is 11.3 Å². The topological polar surface area (TPSA) is 106 Å². The van der Waals surface area contributed by atoms with E-state index in [9.17, 15) is 19.1 Å². The van der Waals surface area contributed by atoms with Crippen molar-refractivity contribution in [3.8, 4) is 11.4 Å². The number of carbonyl (C=O) groups excluding carboxylic acids is 1. The van der Waals surface area contributed by atoms with Crippen LogP contribution in [0.3, 0.4) is 0 Å². The van der Waals surface area contributed by atoms with Gasteiger partial charge in [-0.25, -0.2) is 4.39 Å². The summed E-state index contributed by atoms with van der Waals surface area (Å²) in [5.74, 6) is -1.37. The molecule has 2 fully saturated rings. The Morgan fingerprint density at radius 1 is 1.37 bits per heavy atom. The maximum Gasteiger partial charge on any atom is 0.314 e. The average molecular weight is 375 g/mol. The summed E-state index contributed by atoms with van der Waals surface area (Å²) < 4.78 is 24.2. The van der Waals surface area contributed by atoms with Crippen LogP contribution in [0.5, 0.6) is 0 Å². The molecule has 0 unspecified atom stereocenters. The minimum atomic E-state index is -1.00. The third kappa shape index (κ3) is 3.08. The molecule has 0 aliphatic carbocycles. The van der Waals surface area contributed by atoms with Crippen LogP contribution >= 0.6 is 0 Å². The largest absolute Gasteiger partial charge is 0.481 e. The summed E-state index contributed by atoms with van der Waals surface area (Å²) in [5, 5.41) is 13.3. The molecule has 2 aromatic rings. The molecule has 1 aromatic carbocycles. The van der Waals surface area contributed by atoms with Gasteiger partial charge in [-0.3, -0.25) is 9.59 Å². The first-order valence-electron chi connectivity index (χ1n) is 8.66. The molecule has 1 aromatic heterocycles. The normalized spacial score (nSPS) is 24.2. The Balaban J connectivity index is 1.38. The third-order valence-electron chi connectivity index (χ3n) is 5.29. The Bertz CT molecular complexity index is 885. The highest BCUT2D eigenvalue weighted by atomic mass is 19.1. The standard InChI is InChI=1S/C18H18FN3O5/c19-13-4-2-1-3-12(13)16-20-14(27-21-16)5-6-15(23)22-7-11-8-26-10-18(11,9-22)17(24)25/h1-4,11H,5-10H2,(H,24,25)/t11-,18-/m1/s1. The van der Waals surface area contributed by atoms with E-state index < -0.39 is 17.2 Å².